The third-order valence-corrected chi connectivity index (χ3v) is 4.08. The van der Waals surface area contributed by atoms with Crippen LogP contribution in [0.25, 0.3) is 11.3 Å². The van der Waals surface area contributed by atoms with Crippen molar-refractivity contribution < 1.29 is 9.32 Å². The van der Waals surface area contributed by atoms with Gasteiger partial charge in [0.15, 0.2) is 5.82 Å². The number of nitrogens with one attached hydrogen (secondary N) is 1. The number of carbonyl (C=O) groups excluding carboxylic acids is 1. The van der Waals surface area contributed by atoms with Crippen LogP contribution >= 0.6 is 0 Å². The maximum absolute atomic E-state index is 12.1. The van der Waals surface area contributed by atoms with E-state index in [9.17, 15) is 9.59 Å². The molecule has 26 heavy (non-hydrogen) atoms. The summed E-state index contributed by atoms with van der Waals surface area (Å²) in [5, 5.41) is 10.9. The molecule has 4 rings (SSSR count). The average Bonchev–Trinajstić information content (AvgIpc) is 3.32. The van der Waals surface area contributed by atoms with Crippen molar-refractivity contribution in [2.24, 2.45) is 0 Å². The topological polar surface area (TPSA) is 103 Å². The predicted molar refractivity (Wildman–Crippen MR) is 92.6 cm³/mol. The van der Waals surface area contributed by atoms with E-state index in [-0.39, 0.29) is 35.8 Å². The van der Waals surface area contributed by atoms with E-state index < -0.39 is 0 Å². The molecule has 2 aromatic heterocycles. The number of aryl methyl sites for hydroxylation is 1. The number of hydrogen-bond acceptors (Lipinski definition) is 6. The fraction of sp³-hybridized carbons (Fsp3) is 0.278. The first-order valence-corrected chi connectivity index (χ1v) is 8.37. The maximum atomic E-state index is 12.1. The van der Waals surface area contributed by atoms with E-state index in [1.807, 2.05) is 31.2 Å². The first-order chi connectivity index (χ1) is 12.6. The van der Waals surface area contributed by atoms with E-state index in [2.05, 4.69) is 20.6 Å². The van der Waals surface area contributed by atoms with E-state index >= 15 is 0 Å². The Hall–Kier alpha value is -3.29. The molecule has 0 bridgehead atoms. The molecule has 8 heteroatoms. The maximum Gasteiger partial charge on any atom is 0.316 e. The Bertz CT molecular complexity index is 1000. The third-order valence-electron chi connectivity index (χ3n) is 4.08. The molecule has 0 atom stereocenters. The minimum atomic E-state index is -0.389. The molecule has 1 fully saturated rings. The van der Waals surface area contributed by atoms with Crippen molar-refractivity contribution in [3.05, 3.63) is 64.0 Å². The highest BCUT2D eigenvalue weighted by Gasteiger charge is 2.26. The summed E-state index contributed by atoms with van der Waals surface area (Å²) in [5.74, 6) is -0.267. The molecule has 0 spiro atoms. The number of aromatic nitrogens is 4. The second-order valence-electron chi connectivity index (χ2n) is 6.34. The number of rotatable bonds is 5. The average molecular weight is 351 g/mol. The van der Waals surface area contributed by atoms with Crippen LogP contribution in [-0.2, 0) is 6.54 Å². The summed E-state index contributed by atoms with van der Waals surface area (Å²) < 4.78 is 6.23. The zero-order chi connectivity index (χ0) is 18.1. The van der Waals surface area contributed by atoms with Gasteiger partial charge < -0.3 is 9.84 Å². The van der Waals surface area contributed by atoms with Gasteiger partial charge in [0, 0.05) is 17.7 Å². The molecular formula is C18H17N5O3. The highest BCUT2D eigenvalue weighted by atomic mass is 16.5. The van der Waals surface area contributed by atoms with Gasteiger partial charge in [0.1, 0.15) is 6.54 Å². The molecule has 0 unspecified atom stereocenters. The Morgan fingerprint density at radius 2 is 2.00 bits per heavy atom. The summed E-state index contributed by atoms with van der Waals surface area (Å²) in [7, 11) is 0. The molecule has 1 N–H and O–H groups in total. The Kier molecular flexibility index (Phi) is 4.08. The van der Waals surface area contributed by atoms with Gasteiger partial charge in [0.05, 0.1) is 5.69 Å². The fourth-order valence-corrected chi connectivity index (χ4v) is 2.46. The van der Waals surface area contributed by atoms with Crippen LogP contribution < -0.4 is 10.9 Å². The van der Waals surface area contributed by atoms with Gasteiger partial charge in [-0.2, -0.15) is 10.1 Å². The summed E-state index contributed by atoms with van der Waals surface area (Å²) in [4.78, 5) is 28.0. The van der Waals surface area contributed by atoms with Gasteiger partial charge >= 0.3 is 11.8 Å². The smallest absolute Gasteiger partial charge is 0.316 e. The van der Waals surface area contributed by atoms with Crippen molar-refractivity contribution in [3.63, 3.8) is 0 Å². The Morgan fingerprint density at radius 3 is 2.73 bits per heavy atom. The molecular weight excluding hydrogens is 334 g/mol. The molecule has 1 amide bonds. The van der Waals surface area contributed by atoms with E-state index in [1.54, 1.807) is 6.07 Å². The second-order valence-corrected chi connectivity index (χ2v) is 6.34. The molecule has 1 saturated carbocycles. The normalized spacial score (nSPS) is 13.6. The summed E-state index contributed by atoms with van der Waals surface area (Å²) in [6.07, 6.45) is 1.94. The van der Waals surface area contributed by atoms with Crippen molar-refractivity contribution in [2.75, 3.05) is 0 Å². The van der Waals surface area contributed by atoms with Gasteiger partial charge in [-0.15, -0.1) is 0 Å². The Morgan fingerprint density at radius 1 is 1.23 bits per heavy atom. The van der Waals surface area contributed by atoms with Gasteiger partial charge in [-0.25, -0.2) is 4.68 Å². The van der Waals surface area contributed by atoms with Gasteiger partial charge in [0.25, 0.3) is 5.56 Å². The molecule has 1 aromatic carbocycles. The molecule has 1 aliphatic rings. The summed E-state index contributed by atoms with van der Waals surface area (Å²) in [5.41, 5.74) is 2.43. The molecule has 1 aliphatic carbocycles. The number of carbonyl (C=O) groups is 1. The van der Waals surface area contributed by atoms with Crippen molar-refractivity contribution >= 4 is 5.91 Å². The summed E-state index contributed by atoms with van der Waals surface area (Å²) in [6.45, 7) is 2.03. The van der Waals surface area contributed by atoms with Crippen LogP contribution in [0.2, 0.25) is 0 Å². The molecule has 2 heterocycles. The fourth-order valence-electron chi connectivity index (χ4n) is 2.46. The van der Waals surface area contributed by atoms with Gasteiger partial charge in [-0.05, 0) is 25.8 Å². The van der Waals surface area contributed by atoms with Crippen molar-refractivity contribution in [2.45, 2.75) is 32.4 Å². The van der Waals surface area contributed by atoms with Crippen LogP contribution in [0, 0.1) is 6.92 Å². The quantitative estimate of drug-likeness (QED) is 0.748. The molecule has 0 aliphatic heterocycles. The minimum Gasteiger partial charge on any atom is -0.345 e. The Labute approximate surface area is 148 Å². The van der Waals surface area contributed by atoms with Gasteiger partial charge in [-0.1, -0.05) is 35.0 Å². The number of hydrogen-bond donors (Lipinski definition) is 1. The monoisotopic (exact) mass is 351 g/mol. The molecule has 0 saturated heterocycles. The lowest BCUT2D eigenvalue weighted by molar-refractivity contribution is 0.0907. The van der Waals surface area contributed by atoms with E-state index in [1.165, 1.54) is 10.7 Å². The van der Waals surface area contributed by atoms with E-state index in [4.69, 9.17) is 4.52 Å². The lowest BCUT2D eigenvalue weighted by Crippen LogP contribution is -2.26. The van der Waals surface area contributed by atoms with Crippen LogP contribution in [-0.4, -0.2) is 31.9 Å². The lowest BCUT2D eigenvalue weighted by atomic mass is 10.1. The first-order valence-electron chi connectivity index (χ1n) is 8.37. The lowest BCUT2D eigenvalue weighted by Gasteiger charge is -2.05. The number of benzene rings is 1. The van der Waals surface area contributed by atoms with Crippen LogP contribution in [0.4, 0.5) is 0 Å². The zero-order valence-electron chi connectivity index (χ0n) is 14.2. The van der Waals surface area contributed by atoms with Crippen molar-refractivity contribution in [1.29, 1.82) is 0 Å². The van der Waals surface area contributed by atoms with Gasteiger partial charge in [-0.3, -0.25) is 9.59 Å². The third kappa shape index (κ3) is 3.53. The highest BCUT2D eigenvalue weighted by Crippen LogP contribution is 2.19. The Balaban J connectivity index is 1.55. The predicted octanol–water partition coefficient (Wildman–Crippen LogP) is 1.54. The molecule has 132 valence electrons. The van der Waals surface area contributed by atoms with E-state index in [0.717, 1.165) is 24.0 Å². The molecule has 8 nitrogen and oxygen atoms in total. The van der Waals surface area contributed by atoms with Crippen LogP contribution in [0.1, 0.15) is 34.9 Å². The summed E-state index contributed by atoms with van der Waals surface area (Å²) in [6, 6.07) is 11.2. The standard InChI is InChI=1S/C18H17N5O3/c1-11-2-4-12(5-3-11)14-8-9-16(24)23(21-14)10-15-20-18(26-22-15)17(25)19-13-6-7-13/h2-5,8-9,13H,6-7,10H2,1H3,(H,19,25). The highest BCUT2D eigenvalue weighted by molar-refractivity contribution is 5.89. The minimum absolute atomic E-state index is 0.0265. The zero-order valence-corrected chi connectivity index (χ0v) is 14.2. The van der Waals surface area contributed by atoms with Crippen LogP contribution in [0.15, 0.2) is 45.7 Å². The van der Waals surface area contributed by atoms with Crippen LogP contribution in [0.3, 0.4) is 0 Å². The van der Waals surface area contributed by atoms with E-state index in [0.29, 0.717) is 5.69 Å². The first kappa shape index (κ1) is 16.2. The van der Waals surface area contributed by atoms with Crippen LogP contribution in [0.5, 0.6) is 0 Å². The SMILES string of the molecule is Cc1ccc(-c2ccc(=O)n(Cc3noc(C(=O)NC4CC4)n3)n2)cc1. The van der Waals surface area contributed by atoms with Crippen molar-refractivity contribution in [3.8, 4) is 11.3 Å². The number of amides is 1. The second kappa shape index (κ2) is 6.55. The molecule has 3 aromatic rings. The summed E-state index contributed by atoms with van der Waals surface area (Å²) >= 11 is 0. The number of nitrogens with zero attached hydrogens (tertiary/aromatic N) is 4. The van der Waals surface area contributed by atoms with Crippen molar-refractivity contribution in [1.82, 2.24) is 25.2 Å². The largest absolute Gasteiger partial charge is 0.345 e. The van der Waals surface area contributed by atoms with Gasteiger partial charge in [0.2, 0.25) is 0 Å². The molecule has 0 radical (unpaired) electrons.